The topological polar surface area (TPSA) is 194 Å². The van der Waals surface area contributed by atoms with Crippen molar-refractivity contribution in [3.8, 4) is 0 Å². The van der Waals surface area contributed by atoms with Crippen LogP contribution in [0.3, 0.4) is 0 Å². The van der Waals surface area contributed by atoms with E-state index in [2.05, 4.69) is 10.6 Å². The minimum absolute atomic E-state index is 0.0320. The lowest BCUT2D eigenvalue weighted by Gasteiger charge is -2.20. The van der Waals surface area contributed by atoms with E-state index in [0.717, 1.165) is 16.7 Å². The number of carboxylic acid groups (broad SMARTS) is 2. The molecule has 2 amide bonds. The van der Waals surface area contributed by atoms with Crippen molar-refractivity contribution in [2.75, 3.05) is 13.2 Å². The molecule has 0 aromatic heterocycles. The maximum atomic E-state index is 12.5. The Balaban J connectivity index is 0.000000353. The Morgan fingerprint density at radius 1 is 0.683 bits per heavy atom. The van der Waals surface area contributed by atoms with Crippen molar-refractivity contribution in [3.05, 3.63) is 108 Å². The van der Waals surface area contributed by atoms with Crippen LogP contribution in [0.2, 0.25) is 0 Å². The first-order valence-electron chi connectivity index (χ1n) is 12.9. The number of rotatable bonds is 14. The molecule has 0 aliphatic rings. The van der Waals surface area contributed by atoms with Crippen LogP contribution in [0.5, 0.6) is 0 Å². The molecule has 0 bridgehead atoms. The molecule has 0 aliphatic heterocycles. The monoisotopic (exact) mass is 564 g/mol. The van der Waals surface area contributed by atoms with Crippen molar-refractivity contribution in [3.63, 3.8) is 0 Å². The van der Waals surface area contributed by atoms with Gasteiger partial charge in [0.1, 0.15) is 18.6 Å². The van der Waals surface area contributed by atoms with Gasteiger partial charge in [-0.05, 0) is 23.1 Å². The summed E-state index contributed by atoms with van der Waals surface area (Å²) in [5.41, 5.74) is 14.0. The van der Waals surface area contributed by atoms with Crippen molar-refractivity contribution < 1.29 is 34.1 Å². The Morgan fingerprint density at radius 2 is 1.17 bits per heavy atom. The fourth-order valence-electron chi connectivity index (χ4n) is 3.53. The van der Waals surface area contributed by atoms with Gasteiger partial charge in [-0.3, -0.25) is 19.2 Å². The maximum absolute atomic E-state index is 12.5. The summed E-state index contributed by atoms with van der Waals surface area (Å²) >= 11 is 0. The molecule has 3 aromatic rings. The first-order valence-corrected chi connectivity index (χ1v) is 12.9. The highest BCUT2D eigenvalue weighted by Gasteiger charge is 2.24. The van der Waals surface area contributed by atoms with E-state index in [0.29, 0.717) is 13.0 Å². The summed E-state index contributed by atoms with van der Waals surface area (Å²) in [5.74, 6) is -3.24. The number of carbonyl (C=O) groups excluding carboxylic acids is 2. The molecule has 0 fully saturated rings. The second kappa shape index (κ2) is 17.9. The van der Waals surface area contributed by atoms with Crippen molar-refractivity contribution in [1.82, 2.24) is 10.6 Å². The van der Waals surface area contributed by atoms with E-state index in [1.807, 2.05) is 91.0 Å². The van der Waals surface area contributed by atoms with Gasteiger partial charge in [-0.2, -0.15) is 0 Å². The fourth-order valence-corrected chi connectivity index (χ4v) is 3.53. The molecule has 3 rings (SSSR count). The number of carboxylic acids is 2. The van der Waals surface area contributed by atoms with Crippen LogP contribution in [0.25, 0.3) is 0 Å². The summed E-state index contributed by atoms with van der Waals surface area (Å²) in [6.45, 7) is -0.0951. The van der Waals surface area contributed by atoms with E-state index < -0.39 is 48.4 Å². The lowest BCUT2D eigenvalue weighted by molar-refractivity contribution is -0.140. The van der Waals surface area contributed by atoms with E-state index in [9.17, 15) is 19.2 Å². The minimum atomic E-state index is -1.16. The predicted octanol–water partition coefficient (Wildman–Crippen LogP) is 1.10. The van der Waals surface area contributed by atoms with Crippen LogP contribution in [-0.4, -0.2) is 65.2 Å². The second-order valence-electron chi connectivity index (χ2n) is 9.10. The van der Waals surface area contributed by atoms with Gasteiger partial charge < -0.3 is 37.1 Å². The predicted molar refractivity (Wildman–Crippen MR) is 153 cm³/mol. The van der Waals surface area contributed by atoms with Crippen LogP contribution in [0, 0.1) is 0 Å². The lowest BCUT2D eigenvalue weighted by atomic mass is 10.0. The first-order chi connectivity index (χ1) is 19.7. The zero-order chi connectivity index (χ0) is 30.0. The summed E-state index contributed by atoms with van der Waals surface area (Å²) in [6.07, 6.45) is 0.567. The zero-order valence-corrected chi connectivity index (χ0v) is 22.5. The quantitative estimate of drug-likeness (QED) is 0.166. The van der Waals surface area contributed by atoms with Gasteiger partial charge in [0.2, 0.25) is 11.8 Å². The Bertz CT molecular complexity index is 1230. The average Bonchev–Trinajstić information content (AvgIpc) is 2.97. The summed E-state index contributed by atoms with van der Waals surface area (Å²) in [5, 5.41) is 22.2. The number of carbonyl (C=O) groups is 4. The third-order valence-electron chi connectivity index (χ3n) is 5.69. The van der Waals surface area contributed by atoms with Gasteiger partial charge in [-0.15, -0.1) is 0 Å². The summed E-state index contributed by atoms with van der Waals surface area (Å²) in [4.78, 5) is 45.8. The standard InChI is InChI=1S/C20H23N3O4.C10H13NO3/c21-16(11-14-7-3-1-4-8-14)19(26)23-17(20(27)22-13-18(24)25)12-15-9-5-2-6-10-15;11-9(10(12)13)7-14-6-8-4-2-1-3-5-8/h1-10,16-17H,11-13,21H2,(H,22,27)(H,23,26)(H,24,25);1-5,9H,6-7,11H2,(H,12,13)/t16-,17-;9-/m00/s1. The summed E-state index contributed by atoms with van der Waals surface area (Å²) in [7, 11) is 0. The number of amides is 2. The molecule has 0 radical (unpaired) electrons. The van der Waals surface area contributed by atoms with Gasteiger partial charge in [0.05, 0.1) is 19.3 Å². The minimum Gasteiger partial charge on any atom is -0.480 e. The molecule has 0 heterocycles. The van der Waals surface area contributed by atoms with E-state index in [4.69, 9.17) is 26.4 Å². The number of hydrogen-bond acceptors (Lipinski definition) is 7. The van der Waals surface area contributed by atoms with Gasteiger partial charge >= 0.3 is 11.9 Å². The molecule has 3 atom stereocenters. The van der Waals surface area contributed by atoms with Crippen molar-refractivity contribution in [2.24, 2.45) is 11.5 Å². The number of nitrogens with one attached hydrogen (secondary N) is 2. The van der Waals surface area contributed by atoms with Crippen LogP contribution >= 0.6 is 0 Å². The number of aliphatic carboxylic acids is 2. The van der Waals surface area contributed by atoms with Crippen molar-refractivity contribution >= 4 is 23.8 Å². The van der Waals surface area contributed by atoms with Gasteiger partial charge in [-0.1, -0.05) is 91.0 Å². The fraction of sp³-hybridized carbons (Fsp3) is 0.267. The molecule has 0 saturated carbocycles. The van der Waals surface area contributed by atoms with E-state index >= 15 is 0 Å². The molecule has 11 heteroatoms. The normalized spacial score (nSPS) is 12.5. The summed E-state index contributed by atoms with van der Waals surface area (Å²) < 4.78 is 5.14. The Kier molecular flexibility index (Phi) is 14.2. The van der Waals surface area contributed by atoms with Gasteiger partial charge in [-0.25, -0.2) is 0 Å². The number of benzene rings is 3. The second-order valence-corrected chi connectivity index (χ2v) is 9.10. The number of hydrogen-bond donors (Lipinski definition) is 6. The number of ether oxygens (including phenoxy) is 1. The molecule has 0 saturated heterocycles. The molecule has 218 valence electrons. The van der Waals surface area contributed by atoms with Crippen LogP contribution in [-0.2, 0) is 43.4 Å². The molecule has 11 nitrogen and oxygen atoms in total. The third kappa shape index (κ3) is 13.4. The van der Waals surface area contributed by atoms with Crippen LogP contribution < -0.4 is 22.1 Å². The highest BCUT2D eigenvalue weighted by molar-refractivity contribution is 5.91. The summed E-state index contributed by atoms with van der Waals surface area (Å²) in [6, 6.07) is 25.3. The SMILES string of the molecule is N[C@@H](COCc1ccccc1)C(=O)O.N[C@@H](Cc1ccccc1)C(=O)N[C@@H](Cc1ccccc1)C(=O)NCC(=O)O. The van der Waals surface area contributed by atoms with E-state index in [-0.39, 0.29) is 13.0 Å². The lowest BCUT2D eigenvalue weighted by Crippen LogP contribution is -2.53. The smallest absolute Gasteiger partial charge is 0.322 e. The molecule has 0 aliphatic carbocycles. The molecule has 3 aromatic carbocycles. The Labute approximate surface area is 238 Å². The van der Waals surface area contributed by atoms with Crippen LogP contribution in [0.4, 0.5) is 0 Å². The van der Waals surface area contributed by atoms with Crippen LogP contribution in [0.15, 0.2) is 91.0 Å². The third-order valence-corrected chi connectivity index (χ3v) is 5.69. The van der Waals surface area contributed by atoms with Gasteiger partial charge in [0.25, 0.3) is 0 Å². The molecule has 0 spiro atoms. The molecule has 0 unspecified atom stereocenters. The zero-order valence-electron chi connectivity index (χ0n) is 22.5. The van der Waals surface area contributed by atoms with E-state index in [1.165, 1.54) is 0 Å². The van der Waals surface area contributed by atoms with Crippen molar-refractivity contribution in [1.29, 1.82) is 0 Å². The van der Waals surface area contributed by atoms with Crippen molar-refractivity contribution in [2.45, 2.75) is 37.6 Å². The Hall–Kier alpha value is -4.58. The van der Waals surface area contributed by atoms with Crippen LogP contribution in [0.1, 0.15) is 16.7 Å². The van der Waals surface area contributed by atoms with Gasteiger partial charge in [0.15, 0.2) is 0 Å². The van der Waals surface area contributed by atoms with Gasteiger partial charge in [0, 0.05) is 6.42 Å². The first kappa shape index (κ1) is 32.6. The highest BCUT2D eigenvalue weighted by atomic mass is 16.5. The molecular formula is C30H36N4O7. The van der Waals surface area contributed by atoms with E-state index in [1.54, 1.807) is 0 Å². The highest BCUT2D eigenvalue weighted by Crippen LogP contribution is 2.06. The number of nitrogens with two attached hydrogens (primary N) is 2. The average molecular weight is 565 g/mol. The molecule has 41 heavy (non-hydrogen) atoms. The molecule has 8 N–H and O–H groups in total. The maximum Gasteiger partial charge on any atom is 0.322 e. The Morgan fingerprint density at radius 3 is 1.66 bits per heavy atom. The largest absolute Gasteiger partial charge is 0.480 e. The molecular weight excluding hydrogens is 528 g/mol.